The molecule has 0 fully saturated rings. The van der Waals surface area contributed by atoms with Gasteiger partial charge in [0.1, 0.15) is 11.6 Å². The molecular weight excluding hydrogens is 247 g/mol. The summed E-state index contributed by atoms with van der Waals surface area (Å²) >= 11 is 1.42. The van der Waals surface area contributed by atoms with Gasteiger partial charge >= 0.3 is 0 Å². The summed E-state index contributed by atoms with van der Waals surface area (Å²) in [5.74, 6) is 0.477. The van der Waals surface area contributed by atoms with E-state index in [0.717, 1.165) is 17.7 Å². The Balaban J connectivity index is 2.13. The van der Waals surface area contributed by atoms with Crippen molar-refractivity contribution in [2.45, 2.75) is 50.3 Å². The summed E-state index contributed by atoms with van der Waals surface area (Å²) in [6.45, 7) is 2.18. The van der Waals surface area contributed by atoms with E-state index in [9.17, 15) is 9.18 Å². The summed E-state index contributed by atoms with van der Waals surface area (Å²) < 4.78 is 12.9. The van der Waals surface area contributed by atoms with Crippen LogP contribution < -0.4 is 0 Å². The molecule has 0 amide bonds. The molecule has 0 aromatic heterocycles. The normalized spacial score (nSPS) is 10.6. The Morgan fingerprint density at radius 2 is 2.00 bits per heavy atom. The summed E-state index contributed by atoms with van der Waals surface area (Å²) in [5, 5.41) is 0. The summed E-state index contributed by atoms with van der Waals surface area (Å²) in [6, 6.07) is 6.40. The highest BCUT2D eigenvalue weighted by molar-refractivity contribution is 8.00. The van der Waals surface area contributed by atoms with Crippen molar-refractivity contribution < 1.29 is 9.18 Å². The molecule has 1 nitrogen and oxygen atoms in total. The Labute approximate surface area is 113 Å². The molecule has 0 bridgehead atoms. The molecule has 0 radical (unpaired) electrons. The summed E-state index contributed by atoms with van der Waals surface area (Å²) in [7, 11) is 0. The van der Waals surface area contributed by atoms with Crippen molar-refractivity contribution >= 4 is 17.5 Å². The van der Waals surface area contributed by atoms with Gasteiger partial charge in [-0.05, 0) is 24.6 Å². The van der Waals surface area contributed by atoms with E-state index in [-0.39, 0.29) is 11.6 Å². The van der Waals surface area contributed by atoms with E-state index < -0.39 is 0 Å². The number of hydrogen-bond acceptors (Lipinski definition) is 2. The molecule has 0 aliphatic heterocycles. The fourth-order valence-corrected chi connectivity index (χ4v) is 2.56. The molecular formula is C15H21FOS. The fraction of sp³-hybridized carbons (Fsp3) is 0.533. The van der Waals surface area contributed by atoms with Crippen LogP contribution in [0, 0.1) is 5.82 Å². The highest BCUT2D eigenvalue weighted by atomic mass is 32.2. The van der Waals surface area contributed by atoms with Crippen molar-refractivity contribution in [3.63, 3.8) is 0 Å². The summed E-state index contributed by atoms with van der Waals surface area (Å²) in [5.41, 5.74) is 0. The molecule has 0 unspecified atom stereocenters. The maximum absolute atomic E-state index is 12.9. The number of benzene rings is 1. The van der Waals surface area contributed by atoms with Crippen LogP contribution in [0.15, 0.2) is 29.2 Å². The van der Waals surface area contributed by atoms with Gasteiger partial charge in [0.25, 0.3) is 0 Å². The molecule has 0 aliphatic rings. The minimum Gasteiger partial charge on any atom is -0.299 e. The average molecular weight is 268 g/mol. The molecule has 1 aromatic carbocycles. The Hall–Kier alpha value is -0.830. The van der Waals surface area contributed by atoms with E-state index in [2.05, 4.69) is 6.92 Å². The van der Waals surface area contributed by atoms with Crippen molar-refractivity contribution in [2.75, 3.05) is 5.75 Å². The van der Waals surface area contributed by atoms with Gasteiger partial charge in [-0.1, -0.05) is 38.7 Å². The first-order chi connectivity index (χ1) is 8.72. The fourth-order valence-electron chi connectivity index (χ4n) is 1.72. The van der Waals surface area contributed by atoms with Gasteiger partial charge in [-0.25, -0.2) is 4.39 Å². The number of halogens is 1. The number of rotatable bonds is 9. The minimum atomic E-state index is -0.244. The lowest BCUT2D eigenvalue weighted by Gasteiger charge is -2.02. The molecule has 1 aromatic rings. The third kappa shape index (κ3) is 6.80. The first-order valence-electron chi connectivity index (χ1n) is 6.62. The topological polar surface area (TPSA) is 17.1 Å². The maximum atomic E-state index is 12.9. The van der Waals surface area contributed by atoms with E-state index in [1.807, 2.05) is 6.07 Å². The van der Waals surface area contributed by atoms with Crippen LogP contribution in [0.25, 0.3) is 0 Å². The third-order valence-corrected chi connectivity index (χ3v) is 3.81. The minimum absolute atomic E-state index is 0.244. The van der Waals surface area contributed by atoms with E-state index in [4.69, 9.17) is 0 Å². The second kappa shape index (κ2) is 9.15. The van der Waals surface area contributed by atoms with Crippen LogP contribution in [-0.4, -0.2) is 11.5 Å². The van der Waals surface area contributed by atoms with Gasteiger partial charge in [-0.2, -0.15) is 0 Å². The Kier molecular flexibility index (Phi) is 7.74. The molecule has 1 rings (SSSR count). The van der Waals surface area contributed by atoms with Crippen molar-refractivity contribution in [2.24, 2.45) is 0 Å². The quantitative estimate of drug-likeness (QED) is 0.470. The van der Waals surface area contributed by atoms with Crippen LogP contribution in [0.2, 0.25) is 0 Å². The molecule has 0 spiro atoms. The zero-order valence-electron chi connectivity index (χ0n) is 11.0. The summed E-state index contributed by atoms with van der Waals surface area (Å²) in [6.07, 6.45) is 6.50. The predicted molar refractivity (Wildman–Crippen MR) is 75.5 cm³/mol. The van der Waals surface area contributed by atoms with E-state index in [1.54, 1.807) is 6.07 Å². The first-order valence-corrected chi connectivity index (χ1v) is 7.61. The van der Waals surface area contributed by atoms with Gasteiger partial charge in [0.15, 0.2) is 0 Å². The Bertz CT molecular complexity index is 365. The Morgan fingerprint density at radius 3 is 2.72 bits per heavy atom. The van der Waals surface area contributed by atoms with Crippen LogP contribution in [0.5, 0.6) is 0 Å². The van der Waals surface area contributed by atoms with Crippen molar-refractivity contribution in [3.05, 3.63) is 30.1 Å². The average Bonchev–Trinajstić information content (AvgIpc) is 2.36. The molecule has 3 heteroatoms. The predicted octanol–water partition coefficient (Wildman–Crippen LogP) is 4.85. The van der Waals surface area contributed by atoms with Gasteiger partial charge in [-0.15, -0.1) is 11.8 Å². The van der Waals surface area contributed by atoms with Crippen molar-refractivity contribution in [1.82, 2.24) is 0 Å². The second-order valence-corrected chi connectivity index (χ2v) is 5.50. The molecule has 0 heterocycles. The molecule has 0 saturated heterocycles. The number of Topliss-reactive ketones (excluding diaryl/α,β-unsaturated/α-hetero) is 1. The largest absolute Gasteiger partial charge is 0.299 e. The number of hydrogen-bond donors (Lipinski definition) is 0. The van der Waals surface area contributed by atoms with Crippen LogP contribution in [-0.2, 0) is 4.79 Å². The zero-order chi connectivity index (χ0) is 13.2. The number of thioether (sulfide) groups is 1. The molecule has 0 atom stereocenters. The van der Waals surface area contributed by atoms with Gasteiger partial charge in [0.2, 0.25) is 0 Å². The monoisotopic (exact) mass is 268 g/mol. The van der Waals surface area contributed by atoms with Gasteiger partial charge in [0, 0.05) is 11.3 Å². The van der Waals surface area contributed by atoms with Crippen molar-refractivity contribution in [1.29, 1.82) is 0 Å². The molecule has 18 heavy (non-hydrogen) atoms. The van der Waals surface area contributed by atoms with Gasteiger partial charge in [-0.3, -0.25) is 4.79 Å². The standard InChI is InChI=1S/C15H21FOS/c1-2-3-4-5-6-9-14(17)12-18-15-10-7-8-13(16)11-15/h7-8,10-11H,2-6,9,12H2,1H3. The van der Waals surface area contributed by atoms with E-state index >= 15 is 0 Å². The third-order valence-electron chi connectivity index (χ3n) is 2.76. The van der Waals surface area contributed by atoms with E-state index in [0.29, 0.717) is 12.2 Å². The number of unbranched alkanes of at least 4 members (excludes halogenated alkanes) is 4. The zero-order valence-corrected chi connectivity index (χ0v) is 11.8. The number of carbonyl (C=O) groups is 1. The number of carbonyl (C=O) groups excluding carboxylic acids is 1. The highest BCUT2D eigenvalue weighted by Crippen LogP contribution is 2.19. The molecule has 100 valence electrons. The van der Waals surface area contributed by atoms with Crippen molar-refractivity contribution in [3.8, 4) is 0 Å². The second-order valence-electron chi connectivity index (χ2n) is 4.45. The lowest BCUT2D eigenvalue weighted by Crippen LogP contribution is -2.01. The molecule has 0 saturated carbocycles. The summed E-state index contributed by atoms with van der Waals surface area (Å²) in [4.78, 5) is 12.4. The molecule has 0 N–H and O–H groups in total. The lowest BCUT2D eigenvalue weighted by molar-refractivity contribution is -0.116. The Morgan fingerprint density at radius 1 is 1.22 bits per heavy atom. The van der Waals surface area contributed by atoms with Gasteiger partial charge in [0.05, 0.1) is 5.75 Å². The highest BCUT2D eigenvalue weighted by Gasteiger charge is 2.03. The molecule has 0 aliphatic carbocycles. The van der Waals surface area contributed by atoms with Crippen LogP contribution >= 0.6 is 11.8 Å². The van der Waals surface area contributed by atoms with Crippen LogP contribution in [0.4, 0.5) is 4.39 Å². The smallest absolute Gasteiger partial charge is 0.143 e. The SMILES string of the molecule is CCCCCCCC(=O)CSc1cccc(F)c1. The number of ketones is 1. The maximum Gasteiger partial charge on any atom is 0.143 e. The van der Waals surface area contributed by atoms with E-state index in [1.165, 1.54) is 43.2 Å². The van der Waals surface area contributed by atoms with Crippen LogP contribution in [0.1, 0.15) is 45.4 Å². The van der Waals surface area contributed by atoms with Gasteiger partial charge < -0.3 is 0 Å². The van der Waals surface area contributed by atoms with Crippen LogP contribution in [0.3, 0.4) is 0 Å². The first kappa shape index (κ1) is 15.2. The lowest BCUT2D eigenvalue weighted by atomic mass is 10.1.